The molecule has 326 valence electrons. The van der Waals surface area contributed by atoms with Crippen LogP contribution in [0, 0.1) is 62.1 Å². The van der Waals surface area contributed by atoms with Crippen molar-refractivity contribution in [2.75, 3.05) is 27.8 Å². The van der Waals surface area contributed by atoms with Gasteiger partial charge >= 0.3 is 11.9 Å². The Morgan fingerprint density at radius 1 is 0.831 bits per heavy atom. The van der Waals surface area contributed by atoms with E-state index in [0.29, 0.717) is 36.2 Å². The average Bonchev–Trinajstić information content (AvgIpc) is 3.58. The highest BCUT2D eigenvalue weighted by molar-refractivity contribution is 6.39. The summed E-state index contributed by atoms with van der Waals surface area (Å²) < 4.78 is 27.8. The molecular formula is C49H70O10. The van der Waals surface area contributed by atoms with Gasteiger partial charge in [-0.05, 0) is 155 Å². The largest absolute Gasteiger partial charge is 0.481 e. The molecule has 5 aliphatic rings. The number of esters is 1. The number of ketones is 2. The van der Waals surface area contributed by atoms with E-state index in [1.54, 1.807) is 32.4 Å². The number of allylic oxidation sites excluding steroid dienone is 1. The zero-order chi connectivity index (χ0) is 43.3. The van der Waals surface area contributed by atoms with Gasteiger partial charge in [0.05, 0.1) is 5.41 Å². The summed E-state index contributed by atoms with van der Waals surface area (Å²) >= 11 is 0. The minimum atomic E-state index is -1.30. The van der Waals surface area contributed by atoms with Gasteiger partial charge in [-0.25, -0.2) is 4.79 Å². The molecule has 0 heterocycles. The molecule has 0 spiro atoms. The first kappa shape index (κ1) is 45.0. The van der Waals surface area contributed by atoms with Gasteiger partial charge in [0, 0.05) is 37.5 Å². The molecule has 0 aromatic heterocycles. The van der Waals surface area contributed by atoms with Crippen molar-refractivity contribution in [2.45, 2.75) is 132 Å². The molecule has 0 saturated heterocycles. The molecule has 0 bridgehead atoms. The number of aliphatic carboxylic acids is 1. The predicted molar refractivity (Wildman–Crippen MR) is 225 cm³/mol. The Kier molecular flexibility index (Phi) is 12.5. The standard InChI is InChI=1S/C49H70O10/c1-30(2)32-18-23-49(42(52)34(50)27-44(3,4)43(53)54)25-24-47(8)33(41(32)49)14-16-38-46(7)21-20-39(45(5,6)37(46)19-22-48(38,47)9)59-40(51)17-13-31-12-15-35(57-28-55-10)36(26-31)58-29-56-11/h12-13,15,17,26,32-33,37-39,41H,1,14,16,18-25,27-29H2,2-11H3,(H,53,54)/b17-13+/t32-,33+,37-,38+,39-,41+,46-,47+,48+,49-/m0/s1. The average molecular weight is 819 g/mol. The molecule has 0 radical (unpaired) electrons. The molecule has 1 aromatic carbocycles. The third kappa shape index (κ3) is 7.61. The summed E-state index contributed by atoms with van der Waals surface area (Å²) in [5.41, 5.74) is -0.433. The maximum atomic E-state index is 14.5. The van der Waals surface area contributed by atoms with Crippen molar-refractivity contribution < 1.29 is 48.0 Å². The highest BCUT2D eigenvalue weighted by Gasteiger charge is 2.72. The number of carboxylic acid groups (broad SMARTS) is 1. The number of hydrogen-bond acceptors (Lipinski definition) is 9. The number of fused-ring (bicyclic) bond motifs is 7. The Labute approximate surface area is 352 Å². The lowest BCUT2D eigenvalue weighted by Gasteiger charge is -2.72. The summed E-state index contributed by atoms with van der Waals surface area (Å²) in [4.78, 5) is 53.7. The minimum Gasteiger partial charge on any atom is -0.481 e. The third-order valence-electron chi connectivity index (χ3n) is 17.2. The molecule has 0 amide bonds. The van der Waals surface area contributed by atoms with Crippen LogP contribution in [0.5, 0.6) is 11.5 Å². The number of ether oxygens (including phenoxy) is 5. The Bertz CT molecular complexity index is 1840. The smallest absolute Gasteiger partial charge is 0.331 e. The zero-order valence-corrected chi connectivity index (χ0v) is 37.4. The summed E-state index contributed by atoms with van der Waals surface area (Å²) in [5, 5.41) is 9.80. The van der Waals surface area contributed by atoms with Crippen LogP contribution < -0.4 is 9.47 Å². The third-order valence-corrected chi connectivity index (χ3v) is 17.2. The van der Waals surface area contributed by atoms with E-state index in [-0.39, 0.29) is 77.3 Å². The maximum absolute atomic E-state index is 14.5. The highest BCUT2D eigenvalue weighted by Crippen LogP contribution is 2.77. The molecule has 5 saturated carbocycles. The first-order valence-electron chi connectivity index (χ1n) is 21.9. The number of carbonyl (C=O) groups excluding carboxylic acids is 3. The van der Waals surface area contributed by atoms with Crippen molar-refractivity contribution >= 4 is 29.6 Å². The maximum Gasteiger partial charge on any atom is 0.331 e. The van der Waals surface area contributed by atoms with Gasteiger partial charge in [-0.1, -0.05) is 52.8 Å². The lowest BCUT2D eigenvalue weighted by Crippen LogP contribution is -2.67. The van der Waals surface area contributed by atoms with Gasteiger partial charge in [0.2, 0.25) is 5.78 Å². The van der Waals surface area contributed by atoms with E-state index in [1.165, 1.54) is 19.9 Å². The molecule has 1 aromatic rings. The van der Waals surface area contributed by atoms with E-state index in [1.807, 2.05) is 6.07 Å². The Hall–Kier alpha value is -3.50. The van der Waals surface area contributed by atoms with E-state index >= 15 is 0 Å². The molecule has 5 fully saturated rings. The minimum absolute atomic E-state index is 0.0200. The number of Topliss-reactive ketones (excluding diaryl/α,β-unsaturated/α-hetero) is 2. The second kappa shape index (κ2) is 16.4. The molecule has 10 atom stereocenters. The van der Waals surface area contributed by atoms with Gasteiger partial charge < -0.3 is 28.8 Å². The van der Waals surface area contributed by atoms with Crippen molar-refractivity contribution in [2.24, 2.45) is 62.1 Å². The van der Waals surface area contributed by atoms with Crippen LogP contribution in [0.3, 0.4) is 0 Å². The van der Waals surface area contributed by atoms with Crippen LogP contribution in [-0.4, -0.2) is 62.5 Å². The number of rotatable bonds is 15. The molecule has 59 heavy (non-hydrogen) atoms. The second-order valence-corrected chi connectivity index (χ2v) is 20.9. The van der Waals surface area contributed by atoms with Crippen LogP contribution in [0.15, 0.2) is 36.4 Å². The molecule has 10 nitrogen and oxygen atoms in total. The summed E-state index contributed by atoms with van der Waals surface area (Å²) in [6, 6.07) is 5.40. The van der Waals surface area contributed by atoms with Crippen molar-refractivity contribution in [3.8, 4) is 11.5 Å². The molecule has 0 unspecified atom stereocenters. The van der Waals surface area contributed by atoms with Gasteiger partial charge in [-0.2, -0.15) is 0 Å². The number of benzene rings is 1. The Morgan fingerprint density at radius 2 is 1.51 bits per heavy atom. The highest BCUT2D eigenvalue weighted by atomic mass is 16.7. The van der Waals surface area contributed by atoms with Crippen molar-refractivity contribution in [1.82, 2.24) is 0 Å². The Balaban J connectivity index is 1.20. The fourth-order valence-corrected chi connectivity index (χ4v) is 14.0. The topological polar surface area (TPSA) is 135 Å². The quantitative estimate of drug-likeness (QED) is 0.0599. The number of carbonyl (C=O) groups is 4. The fourth-order valence-electron chi connectivity index (χ4n) is 14.0. The first-order valence-corrected chi connectivity index (χ1v) is 21.9. The fraction of sp³-hybridized carbons (Fsp3) is 0.714. The lowest BCUT2D eigenvalue weighted by molar-refractivity contribution is -0.248. The molecule has 0 aliphatic heterocycles. The predicted octanol–water partition coefficient (Wildman–Crippen LogP) is 9.87. The second-order valence-electron chi connectivity index (χ2n) is 20.9. The summed E-state index contributed by atoms with van der Waals surface area (Å²) in [7, 11) is 3.09. The van der Waals surface area contributed by atoms with Gasteiger partial charge in [-0.3, -0.25) is 14.4 Å². The normalized spacial score (nSPS) is 36.0. The molecule has 10 heteroatoms. The first-order chi connectivity index (χ1) is 27.6. The number of hydrogen-bond donors (Lipinski definition) is 1. The van der Waals surface area contributed by atoms with Crippen molar-refractivity contribution in [1.29, 1.82) is 0 Å². The molecule has 5 aliphatic carbocycles. The van der Waals surface area contributed by atoms with Crippen LogP contribution >= 0.6 is 0 Å². The zero-order valence-electron chi connectivity index (χ0n) is 37.4. The van der Waals surface area contributed by atoms with Crippen LogP contribution in [0.2, 0.25) is 0 Å². The lowest BCUT2D eigenvalue weighted by atomic mass is 9.32. The summed E-state index contributed by atoms with van der Waals surface area (Å²) in [6.07, 6.45) is 11.7. The van der Waals surface area contributed by atoms with E-state index in [2.05, 4.69) is 48.1 Å². The van der Waals surface area contributed by atoms with Gasteiger partial charge in [0.15, 0.2) is 30.9 Å². The van der Waals surface area contributed by atoms with Gasteiger partial charge in [0.25, 0.3) is 0 Å². The van der Waals surface area contributed by atoms with Crippen LogP contribution in [-0.2, 0) is 33.4 Å². The number of carboxylic acids is 1. The van der Waals surface area contributed by atoms with Crippen molar-refractivity contribution in [3.05, 3.63) is 42.0 Å². The van der Waals surface area contributed by atoms with E-state index in [0.717, 1.165) is 62.5 Å². The molecular weight excluding hydrogens is 749 g/mol. The van der Waals surface area contributed by atoms with Crippen LogP contribution in [0.4, 0.5) is 0 Å². The van der Waals surface area contributed by atoms with Crippen LogP contribution in [0.1, 0.15) is 132 Å². The van der Waals surface area contributed by atoms with E-state index in [4.69, 9.17) is 23.7 Å². The monoisotopic (exact) mass is 818 g/mol. The number of methoxy groups -OCH3 is 2. The molecule has 6 rings (SSSR count). The Morgan fingerprint density at radius 3 is 2.15 bits per heavy atom. The van der Waals surface area contributed by atoms with Crippen LogP contribution in [0.25, 0.3) is 6.08 Å². The SMILES string of the molecule is C=C(C)[C@@H]1CC[C@]2(C(=O)C(=O)CC(C)(C)C(=O)O)CC[C@]3(C)[C@H](CC[C@@H]4[C@@]5(C)CC[C@H](OC(=O)/C=C/c6ccc(OCOC)c(OCOC)c6)C(C)(C)[C@@H]5CC[C@]43C)[C@@H]12. The van der Waals surface area contributed by atoms with E-state index in [9.17, 15) is 24.3 Å². The van der Waals surface area contributed by atoms with Gasteiger partial charge in [0.1, 0.15) is 6.10 Å². The van der Waals surface area contributed by atoms with Gasteiger partial charge in [-0.15, -0.1) is 0 Å². The summed E-state index contributed by atoms with van der Waals surface area (Å²) in [5.74, 6) is -0.0318. The molecule has 1 N–H and O–H groups in total. The van der Waals surface area contributed by atoms with Crippen molar-refractivity contribution in [3.63, 3.8) is 0 Å². The summed E-state index contributed by atoms with van der Waals surface area (Å²) in [6.45, 7) is 21.9. The van der Waals surface area contributed by atoms with E-state index < -0.39 is 22.6 Å².